The summed E-state index contributed by atoms with van der Waals surface area (Å²) >= 11 is 6.03. The molecule has 4 nitrogen and oxygen atoms in total. The molecule has 116 valence electrons. The van der Waals surface area contributed by atoms with E-state index in [4.69, 9.17) is 16.0 Å². The lowest BCUT2D eigenvalue weighted by Crippen LogP contribution is -2.23. The molecule has 2 aromatic carbocycles. The first-order valence-electron chi connectivity index (χ1n) is 6.87. The highest BCUT2D eigenvalue weighted by Crippen LogP contribution is 2.21. The van der Waals surface area contributed by atoms with Gasteiger partial charge in [0.2, 0.25) is 0 Å². The van der Waals surface area contributed by atoms with Gasteiger partial charge < -0.3 is 9.73 Å². The predicted octanol–water partition coefficient (Wildman–Crippen LogP) is 4.06. The van der Waals surface area contributed by atoms with Crippen molar-refractivity contribution in [2.75, 3.05) is 0 Å². The number of benzene rings is 2. The van der Waals surface area contributed by atoms with Gasteiger partial charge in [0.05, 0.1) is 6.20 Å². The van der Waals surface area contributed by atoms with Crippen molar-refractivity contribution >= 4 is 17.5 Å². The van der Waals surface area contributed by atoms with Crippen LogP contribution in [0, 0.1) is 5.82 Å². The minimum absolute atomic E-state index is 0.0589. The molecular weight excluding hydrogens is 319 g/mol. The van der Waals surface area contributed by atoms with E-state index in [1.165, 1.54) is 18.3 Å². The Morgan fingerprint density at radius 3 is 2.65 bits per heavy atom. The van der Waals surface area contributed by atoms with Crippen molar-refractivity contribution in [1.29, 1.82) is 0 Å². The van der Waals surface area contributed by atoms with Gasteiger partial charge in [-0.15, -0.1) is 0 Å². The van der Waals surface area contributed by atoms with Crippen LogP contribution in [-0.2, 0) is 6.54 Å². The Morgan fingerprint density at radius 1 is 1.17 bits per heavy atom. The van der Waals surface area contributed by atoms with Crippen molar-refractivity contribution in [1.82, 2.24) is 10.3 Å². The summed E-state index contributed by atoms with van der Waals surface area (Å²) < 4.78 is 18.3. The van der Waals surface area contributed by atoms with Crippen LogP contribution in [-0.4, -0.2) is 10.9 Å². The highest BCUT2D eigenvalue weighted by Gasteiger charge is 2.14. The van der Waals surface area contributed by atoms with Crippen LogP contribution in [0.15, 0.2) is 59.1 Å². The molecule has 0 bridgehead atoms. The molecule has 0 aliphatic rings. The van der Waals surface area contributed by atoms with Crippen LogP contribution >= 0.6 is 11.6 Å². The molecule has 0 aliphatic heterocycles. The molecule has 3 rings (SSSR count). The summed E-state index contributed by atoms with van der Waals surface area (Å²) in [6, 6.07) is 13.0. The molecule has 0 unspecified atom stereocenters. The van der Waals surface area contributed by atoms with Crippen molar-refractivity contribution < 1.29 is 13.6 Å². The Kier molecular flexibility index (Phi) is 4.39. The van der Waals surface area contributed by atoms with Gasteiger partial charge in [0.25, 0.3) is 5.89 Å². The standard InChI is InChI=1S/C17H12ClFN2O2/c18-14-4-2-1-3-12(14)9-20-16(22)17-21-10-15(23-17)11-5-7-13(19)8-6-11/h1-8,10H,9H2,(H,20,22). The normalized spacial score (nSPS) is 10.5. The number of hydrogen-bond donors (Lipinski definition) is 1. The summed E-state index contributed by atoms with van der Waals surface area (Å²) in [6.07, 6.45) is 1.43. The summed E-state index contributed by atoms with van der Waals surface area (Å²) in [5, 5.41) is 3.27. The van der Waals surface area contributed by atoms with Crippen molar-refractivity contribution in [3.8, 4) is 11.3 Å². The van der Waals surface area contributed by atoms with E-state index in [1.54, 1.807) is 18.2 Å². The van der Waals surface area contributed by atoms with E-state index >= 15 is 0 Å². The maximum Gasteiger partial charge on any atom is 0.307 e. The first-order valence-corrected chi connectivity index (χ1v) is 7.24. The monoisotopic (exact) mass is 330 g/mol. The molecule has 1 aromatic heterocycles. The average molecular weight is 331 g/mol. The number of rotatable bonds is 4. The topological polar surface area (TPSA) is 55.1 Å². The summed E-state index contributed by atoms with van der Waals surface area (Å²) in [6.45, 7) is 0.271. The summed E-state index contributed by atoms with van der Waals surface area (Å²) in [5.74, 6) is -0.450. The zero-order valence-corrected chi connectivity index (χ0v) is 12.7. The number of amides is 1. The van der Waals surface area contributed by atoms with Crippen LogP contribution in [0.25, 0.3) is 11.3 Å². The maximum absolute atomic E-state index is 12.9. The maximum atomic E-state index is 12.9. The fourth-order valence-corrected chi connectivity index (χ4v) is 2.22. The predicted molar refractivity (Wildman–Crippen MR) is 84.5 cm³/mol. The van der Waals surface area contributed by atoms with E-state index in [0.717, 1.165) is 5.56 Å². The first-order chi connectivity index (χ1) is 11.1. The number of nitrogens with zero attached hydrogens (tertiary/aromatic N) is 1. The van der Waals surface area contributed by atoms with Gasteiger partial charge in [-0.05, 0) is 35.9 Å². The number of aromatic nitrogens is 1. The Bertz CT molecular complexity index is 831. The van der Waals surface area contributed by atoms with Gasteiger partial charge in [0.15, 0.2) is 5.76 Å². The summed E-state index contributed by atoms with van der Waals surface area (Å²) in [5.41, 5.74) is 1.44. The molecule has 0 atom stereocenters. The summed E-state index contributed by atoms with van der Waals surface area (Å²) in [7, 11) is 0. The zero-order chi connectivity index (χ0) is 16.2. The number of oxazole rings is 1. The van der Waals surface area contributed by atoms with Gasteiger partial charge in [-0.2, -0.15) is 0 Å². The highest BCUT2D eigenvalue weighted by molar-refractivity contribution is 6.31. The van der Waals surface area contributed by atoms with Crippen LogP contribution in [0.4, 0.5) is 4.39 Å². The molecule has 1 N–H and O–H groups in total. The number of halogens is 2. The fraction of sp³-hybridized carbons (Fsp3) is 0.0588. The second kappa shape index (κ2) is 6.62. The third-order valence-corrected chi connectivity index (χ3v) is 3.59. The smallest absolute Gasteiger partial charge is 0.307 e. The second-order valence-electron chi connectivity index (χ2n) is 4.81. The molecule has 0 fully saturated rings. The fourth-order valence-electron chi connectivity index (χ4n) is 2.02. The molecule has 23 heavy (non-hydrogen) atoms. The van der Waals surface area contributed by atoms with E-state index in [9.17, 15) is 9.18 Å². The molecule has 1 heterocycles. The van der Waals surface area contributed by atoms with Crippen LogP contribution in [0.3, 0.4) is 0 Å². The summed E-state index contributed by atoms with van der Waals surface area (Å²) in [4.78, 5) is 16.0. The molecule has 0 spiro atoms. The zero-order valence-electron chi connectivity index (χ0n) is 11.9. The molecule has 0 aliphatic carbocycles. The van der Waals surface area contributed by atoms with E-state index in [2.05, 4.69) is 10.3 Å². The van der Waals surface area contributed by atoms with Gasteiger partial charge in [-0.3, -0.25) is 4.79 Å². The third kappa shape index (κ3) is 3.57. The third-order valence-electron chi connectivity index (χ3n) is 3.23. The van der Waals surface area contributed by atoms with E-state index in [-0.39, 0.29) is 18.3 Å². The Labute approximate surface area is 136 Å². The molecule has 1 amide bonds. The number of carbonyl (C=O) groups excluding carboxylic acids is 1. The van der Waals surface area contributed by atoms with Gasteiger partial charge in [-0.1, -0.05) is 29.8 Å². The van der Waals surface area contributed by atoms with Gasteiger partial charge in [0, 0.05) is 17.1 Å². The Balaban J connectivity index is 1.69. The number of carbonyl (C=O) groups is 1. The van der Waals surface area contributed by atoms with Crippen LogP contribution in [0.2, 0.25) is 5.02 Å². The lowest BCUT2D eigenvalue weighted by atomic mass is 10.2. The molecular formula is C17H12ClFN2O2. The second-order valence-corrected chi connectivity index (χ2v) is 5.22. The molecule has 0 saturated heterocycles. The Hall–Kier alpha value is -2.66. The largest absolute Gasteiger partial charge is 0.432 e. The van der Waals surface area contributed by atoms with E-state index in [1.807, 2.05) is 18.2 Å². The van der Waals surface area contributed by atoms with Crippen LogP contribution in [0.1, 0.15) is 16.2 Å². The van der Waals surface area contributed by atoms with Gasteiger partial charge in [0.1, 0.15) is 5.82 Å². The average Bonchev–Trinajstić information content (AvgIpc) is 3.04. The van der Waals surface area contributed by atoms with Crippen LogP contribution < -0.4 is 5.32 Å². The van der Waals surface area contributed by atoms with E-state index < -0.39 is 5.91 Å². The quantitative estimate of drug-likeness (QED) is 0.784. The number of hydrogen-bond acceptors (Lipinski definition) is 3. The number of nitrogens with one attached hydrogen (secondary N) is 1. The lowest BCUT2D eigenvalue weighted by molar-refractivity contribution is 0.0917. The molecule has 6 heteroatoms. The molecule has 0 saturated carbocycles. The van der Waals surface area contributed by atoms with Gasteiger partial charge in [-0.25, -0.2) is 9.37 Å². The van der Waals surface area contributed by atoms with Crippen molar-refractivity contribution in [3.05, 3.63) is 77.0 Å². The Morgan fingerprint density at radius 2 is 1.91 bits per heavy atom. The highest BCUT2D eigenvalue weighted by atomic mass is 35.5. The van der Waals surface area contributed by atoms with Crippen molar-refractivity contribution in [3.63, 3.8) is 0 Å². The van der Waals surface area contributed by atoms with Gasteiger partial charge >= 0.3 is 5.91 Å². The van der Waals surface area contributed by atoms with Crippen LogP contribution in [0.5, 0.6) is 0 Å². The molecule has 3 aromatic rings. The lowest BCUT2D eigenvalue weighted by Gasteiger charge is -2.04. The van der Waals surface area contributed by atoms with E-state index in [0.29, 0.717) is 16.3 Å². The molecule has 0 radical (unpaired) electrons. The first kappa shape index (κ1) is 15.2. The SMILES string of the molecule is O=C(NCc1ccccc1Cl)c1ncc(-c2ccc(F)cc2)o1. The minimum atomic E-state index is -0.446. The minimum Gasteiger partial charge on any atom is -0.432 e. The van der Waals surface area contributed by atoms with Crippen molar-refractivity contribution in [2.45, 2.75) is 6.54 Å². The van der Waals surface area contributed by atoms with Crippen molar-refractivity contribution in [2.24, 2.45) is 0 Å².